The van der Waals surface area contributed by atoms with Crippen LogP contribution in [0.3, 0.4) is 0 Å². The molecule has 0 saturated carbocycles. The standard InChI is InChI=1S/C22H20FN5/c1-3-28-19-6-4-5-16(21(19)22(26-28)14-7-9-24-10-8-14)17-12-20-15(11-18(17)23)13-25-27(20)2/h1,4-6,11-14,24H,7-10H2,2H3. The molecule has 0 aliphatic carbocycles. The first-order valence-electron chi connectivity index (χ1n) is 9.48. The number of halogens is 1. The molecule has 1 saturated heterocycles. The van der Waals surface area contributed by atoms with Crippen molar-refractivity contribution in [3.8, 4) is 23.6 Å². The Morgan fingerprint density at radius 2 is 2.00 bits per heavy atom. The highest BCUT2D eigenvalue weighted by Crippen LogP contribution is 2.38. The third-order valence-electron chi connectivity index (χ3n) is 5.71. The zero-order chi connectivity index (χ0) is 19.3. The summed E-state index contributed by atoms with van der Waals surface area (Å²) in [5.74, 6) is 0.0423. The van der Waals surface area contributed by atoms with E-state index in [1.807, 2.05) is 31.3 Å². The number of terminal acetylenes is 1. The molecule has 1 aliphatic heterocycles. The number of hydrogen-bond donors (Lipinski definition) is 1. The molecule has 1 N–H and O–H groups in total. The van der Waals surface area contributed by atoms with Crippen molar-refractivity contribution < 1.29 is 4.39 Å². The predicted molar refractivity (Wildman–Crippen MR) is 108 cm³/mol. The molecule has 0 radical (unpaired) electrons. The van der Waals surface area contributed by atoms with Gasteiger partial charge in [-0.05, 0) is 49.7 Å². The summed E-state index contributed by atoms with van der Waals surface area (Å²) in [7, 11) is 1.86. The fraction of sp³-hybridized carbons (Fsp3) is 0.273. The zero-order valence-electron chi connectivity index (χ0n) is 15.6. The molecule has 0 spiro atoms. The lowest BCUT2D eigenvalue weighted by Gasteiger charge is -2.21. The van der Waals surface area contributed by atoms with Crippen LogP contribution in [0.5, 0.6) is 0 Å². The van der Waals surface area contributed by atoms with E-state index in [2.05, 4.69) is 16.5 Å². The van der Waals surface area contributed by atoms with Crippen molar-refractivity contribution in [2.75, 3.05) is 13.1 Å². The number of rotatable bonds is 2. The molecule has 140 valence electrons. The quantitative estimate of drug-likeness (QED) is 0.546. The summed E-state index contributed by atoms with van der Waals surface area (Å²) >= 11 is 0. The molecule has 28 heavy (non-hydrogen) atoms. The van der Waals surface area contributed by atoms with Crippen LogP contribution < -0.4 is 5.32 Å². The molecule has 0 atom stereocenters. The van der Waals surface area contributed by atoms with E-state index in [4.69, 9.17) is 11.5 Å². The molecule has 0 amide bonds. The van der Waals surface area contributed by atoms with Crippen molar-refractivity contribution in [3.05, 3.63) is 48.0 Å². The Balaban J connectivity index is 1.80. The van der Waals surface area contributed by atoms with E-state index in [9.17, 15) is 0 Å². The minimum Gasteiger partial charge on any atom is -0.317 e. The maximum Gasteiger partial charge on any atom is 0.131 e. The van der Waals surface area contributed by atoms with Crippen molar-refractivity contribution in [2.45, 2.75) is 18.8 Å². The normalized spacial score (nSPS) is 15.3. The minimum absolute atomic E-state index is 0.266. The third-order valence-corrected chi connectivity index (χ3v) is 5.71. The van der Waals surface area contributed by atoms with Crippen molar-refractivity contribution in [1.82, 2.24) is 24.9 Å². The largest absolute Gasteiger partial charge is 0.317 e. The Hall–Kier alpha value is -3.17. The van der Waals surface area contributed by atoms with Gasteiger partial charge in [0.2, 0.25) is 0 Å². The van der Waals surface area contributed by atoms with Gasteiger partial charge in [-0.25, -0.2) is 4.39 Å². The summed E-state index contributed by atoms with van der Waals surface area (Å²) in [6.07, 6.45) is 9.38. The average molecular weight is 373 g/mol. The van der Waals surface area contributed by atoms with E-state index in [0.29, 0.717) is 11.5 Å². The van der Waals surface area contributed by atoms with Crippen LogP contribution >= 0.6 is 0 Å². The average Bonchev–Trinajstić information content (AvgIpc) is 3.28. The van der Waals surface area contributed by atoms with Gasteiger partial charge in [0.25, 0.3) is 0 Å². The van der Waals surface area contributed by atoms with Gasteiger partial charge in [0.05, 0.1) is 22.9 Å². The fourth-order valence-electron chi connectivity index (χ4n) is 4.28. The molecule has 6 heteroatoms. The monoisotopic (exact) mass is 373 g/mol. The van der Waals surface area contributed by atoms with Crippen LogP contribution in [0.2, 0.25) is 0 Å². The first kappa shape index (κ1) is 17.0. The van der Waals surface area contributed by atoms with E-state index in [1.54, 1.807) is 21.6 Å². The molecule has 0 unspecified atom stereocenters. The SMILES string of the molecule is C#Cn1nc(C2CCNCC2)c2c(-c3cc4c(cnn4C)cc3F)cccc21. The topological polar surface area (TPSA) is 47.7 Å². The van der Waals surface area contributed by atoms with E-state index in [0.717, 1.165) is 59.0 Å². The molecule has 4 aromatic rings. The number of aromatic nitrogens is 4. The van der Waals surface area contributed by atoms with Gasteiger partial charge >= 0.3 is 0 Å². The first-order chi connectivity index (χ1) is 13.7. The van der Waals surface area contributed by atoms with Gasteiger partial charge in [0.1, 0.15) is 5.82 Å². The highest BCUT2D eigenvalue weighted by atomic mass is 19.1. The lowest BCUT2D eigenvalue weighted by molar-refractivity contribution is 0.453. The van der Waals surface area contributed by atoms with Crippen molar-refractivity contribution in [2.24, 2.45) is 7.05 Å². The van der Waals surface area contributed by atoms with Crippen LogP contribution in [0.25, 0.3) is 32.9 Å². The highest BCUT2D eigenvalue weighted by molar-refractivity contribution is 5.99. The number of nitrogens with one attached hydrogen (secondary N) is 1. The predicted octanol–water partition coefficient (Wildman–Crippen LogP) is 3.63. The van der Waals surface area contributed by atoms with E-state index < -0.39 is 0 Å². The molecule has 2 aromatic carbocycles. The van der Waals surface area contributed by atoms with E-state index in [-0.39, 0.29) is 5.82 Å². The van der Waals surface area contributed by atoms with Gasteiger partial charge in [0, 0.05) is 35.3 Å². The van der Waals surface area contributed by atoms with Crippen molar-refractivity contribution in [1.29, 1.82) is 0 Å². The van der Waals surface area contributed by atoms with Crippen LogP contribution in [-0.4, -0.2) is 32.7 Å². The van der Waals surface area contributed by atoms with Gasteiger partial charge < -0.3 is 5.32 Å². The molecule has 1 aliphatic rings. The Morgan fingerprint density at radius 3 is 2.79 bits per heavy atom. The lowest BCUT2D eigenvalue weighted by atomic mass is 9.89. The van der Waals surface area contributed by atoms with Crippen LogP contribution in [0.4, 0.5) is 4.39 Å². The molecule has 2 aromatic heterocycles. The minimum atomic E-state index is -0.266. The number of benzene rings is 2. The number of hydrogen-bond acceptors (Lipinski definition) is 3. The molecule has 0 bridgehead atoms. The third kappa shape index (κ3) is 2.51. The summed E-state index contributed by atoms with van der Waals surface area (Å²) in [4.78, 5) is 0. The lowest BCUT2D eigenvalue weighted by Crippen LogP contribution is -2.27. The van der Waals surface area contributed by atoms with Gasteiger partial charge in [-0.15, -0.1) is 0 Å². The molecule has 1 fully saturated rings. The Morgan fingerprint density at radius 1 is 1.18 bits per heavy atom. The summed E-state index contributed by atoms with van der Waals surface area (Å²) in [5.41, 5.74) is 4.08. The number of fused-ring (bicyclic) bond motifs is 2. The summed E-state index contributed by atoms with van der Waals surface area (Å²) in [5, 5.41) is 14.1. The van der Waals surface area contributed by atoms with Crippen molar-refractivity contribution >= 4 is 21.8 Å². The van der Waals surface area contributed by atoms with Crippen LogP contribution in [0.15, 0.2) is 36.5 Å². The Labute approximate surface area is 162 Å². The second-order valence-corrected chi connectivity index (χ2v) is 7.31. The van der Waals surface area contributed by atoms with Gasteiger partial charge in [0.15, 0.2) is 0 Å². The summed E-state index contributed by atoms with van der Waals surface area (Å²) in [6.45, 7) is 1.90. The van der Waals surface area contributed by atoms with Crippen LogP contribution in [0, 0.1) is 18.3 Å². The fourth-order valence-corrected chi connectivity index (χ4v) is 4.28. The maximum atomic E-state index is 15.1. The number of piperidine rings is 1. The maximum absolute atomic E-state index is 15.1. The molecule has 5 nitrogen and oxygen atoms in total. The molecule has 5 rings (SSSR count). The van der Waals surface area contributed by atoms with Gasteiger partial charge in [-0.1, -0.05) is 18.6 Å². The number of aryl methyl sites for hydroxylation is 1. The summed E-state index contributed by atoms with van der Waals surface area (Å²) in [6, 6.07) is 11.9. The van der Waals surface area contributed by atoms with Crippen molar-refractivity contribution in [3.63, 3.8) is 0 Å². The van der Waals surface area contributed by atoms with E-state index >= 15 is 4.39 Å². The van der Waals surface area contributed by atoms with E-state index in [1.165, 1.54) is 0 Å². The molecular weight excluding hydrogens is 353 g/mol. The van der Waals surface area contributed by atoms with Crippen LogP contribution in [-0.2, 0) is 7.05 Å². The molecule has 3 heterocycles. The Kier molecular flexibility index (Phi) is 3.92. The summed E-state index contributed by atoms with van der Waals surface area (Å²) < 4.78 is 18.4. The second-order valence-electron chi connectivity index (χ2n) is 7.31. The Bertz CT molecular complexity index is 1240. The zero-order valence-corrected chi connectivity index (χ0v) is 15.6. The second kappa shape index (κ2) is 6.47. The van der Waals surface area contributed by atoms with Crippen LogP contribution in [0.1, 0.15) is 24.5 Å². The molecular formula is C22H20FN5. The highest BCUT2D eigenvalue weighted by Gasteiger charge is 2.25. The number of nitrogens with zero attached hydrogens (tertiary/aromatic N) is 4. The first-order valence-corrected chi connectivity index (χ1v) is 9.48. The van der Waals surface area contributed by atoms with Gasteiger partial charge in [-0.3, -0.25) is 4.68 Å². The van der Waals surface area contributed by atoms with Gasteiger partial charge in [-0.2, -0.15) is 14.9 Å². The smallest absolute Gasteiger partial charge is 0.131 e.